The van der Waals surface area contributed by atoms with Crippen molar-refractivity contribution in [3.05, 3.63) is 57.8 Å². The second-order valence-electron chi connectivity index (χ2n) is 6.84. The number of rotatable bonds is 5. The van der Waals surface area contributed by atoms with Crippen LogP contribution in [-0.4, -0.2) is 22.1 Å². The highest BCUT2D eigenvalue weighted by Crippen LogP contribution is 2.38. The zero-order valence-corrected chi connectivity index (χ0v) is 15.2. The molecule has 0 aliphatic heterocycles. The number of hydrogen-bond acceptors (Lipinski definition) is 5. The number of alkyl halides is 3. The van der Waals surface area contributed by atoms with E-state index in [4.69, 9.17) is 4.74 Å². The monoisotopic (exact) mass is 395 g/mol. The molecule has 9 heteroatoms. The molecule has 0 amide bonds. The number of halogens is 3. The lowest BCUT2D eigenvalue weighted by molar-refractivity contribution is -0.388. The molecule has 0 unspecified atom stereocenters. The third kappa shape index (κ3) is 4.90. The average Bonchev–Trinajstić information content (AvgIpc) is 2.62. The number of aryl methyl sites for hydroxylation is 1. The van der Waals surface area contributed by atoms with Gasteiger partial charge in [0.15, 0.2) is 0 Å². The molecule has 1 aromatic carbocycles. The lowest BCUT2D eigenvalue weighted by Crippen LogP contribution is -2.31. The van der Waals surface area contributed by atoms with Crippen LogP contribution in [0.2, 0.25) is 0 Å². The van der Waals surface area contributed by atoms with Gasteiger partial charge in [-0.1, -0.05) is 6.07 Å². The number of ether oxygens (including phenoxy) is 1. The molecule has 0 spiro atoms. The molecule has 0 bridgehead atoms. The van der Waals surface area contributed by atoms with Gasteiger partial charge in [0.1, 0.15) is 11.7 Å². The van der Waals surface area contributed by atoms with Gasteiger partial charge in [-0.2, -0.15) is 13.2 Å². The Labute approximate surface area is 159 Å². The van der Waals surface area contributed by atoms with Gasteiger partial charge in [0.25, 0.3) is 5.69 Å². The zero-order chi connectivity index (χ0) is 20.3. The van der Waals surface area contributed by atoms with Crippen molar-refractivity contribution in [2.75, 3.05) is 5.32 Å². The van der Waals surface area contributed by atoms with E-state index < -0.39 is 22.4 Å². The van der Waals surface area contributed by atoms with Crippen LogP contribution in [0.1, 0.15) is 36.9 Å². The van der Waals surface area contributed by atoms with Gasteiger partial charge in [-0.05, 0) is 50.8 Å². The molecule has 1 saturated carbocycles. The number of benzene rings is 1. The first-order valence-corrected chi connectivity index (χ1v) is 8.95. The van der Waals surface area contributed by atoms with Gasteiger partial charge < -0.3 is 10.1 Å². The molecule has 1 heterocycles. The Morgan fingerprint density at radius 3 is 2.50 bits per heavy atom. The third-order valence-corrected chi connectivity index (χ3v) is 4.69. The predicted octanol–water partition coefficient (Wildman–Crippen LogP) is 5.12. The number of anilines is 1. The van der Waals surface area contributed by atoms with Crippen LogP contribution in [0.4, 0.5) is 24.5 Å². The van der Waals surface area contributed by atoms with E-state index in [1.807, 2.05) is 19.1 Å². The molecule has 1 aliphatic carbocycles. The fraction of sp³-hybridized carbons (Fsp3) is 0.421. The van der Waals surface area contributed by atoms with Crippen LogP contribution in [0.5, 0.6) is 5.88 Å². The smallest absolute Gasteiger partial charge is 0.423 e. The highest BCUT2D eigenvalue weighted by atomic mass is 19.4. The summed E-state index contributed by atoms with van der Waals surface area (Å²) in [6.07, 6.45) is -1.86. The van der Waals surface area contributed by atoms with E-state index >= 15 is 0 Å². The Morgan fingerprint density at radius 1 is 1.18 bits per heavy atom. The summed E-state index contributed by atoms with van der Waals surface area (Å²) in [6.45, 7) is 1.88. The van der Waals surface area contributed by atoms with Crippen LogP contribution in [0.3, 0.4) is 0 Å². The minimum atomic E-state index is -4.79. The van der Waals surface area contributed by atoms with Gasteiger partial charge >= 0.3 is 6.18 Å². The van der Waals surface area contributed by atoms with Crippen LogP contribution >= 0.6 is 0 Å². The lowest BCUT2D eigenvalue weighted by atomic mass is 9.92. The molecular formula is C19H20F3N3O3. The topological polar surface area (TPSA) is 77.3 Å². The molecular weight excluding hydrogens is 375 g/mol. The van der Waals surface area contributed by atoms with Gasteiger partial charge in [-0.25, -0.2) is 4.98 Å². The zero-order valence-electron chi connectivity index (χ0n) is 15.2. The molecule has 0 saturated heterocycles. The van der Waals surface area contributed by atoms with E-state index in [9.17, 15) is 23.3 Å². The van der Waals surface area contributed by atoms with Crippen LogP contribution in [0.15, 0.2) is 36.4 Å². The number of nitrogens with one attached hydrogen (secondary N) is 1. The fourth-order valence-corrected chi connectivity index (χ4v) is 3.33. The van der Waals surface area contributed by atoms with Gasteiger partial charge in [-0.15, -0.1) is 0 Å². The summed E-state index contributed by atoms with van der Waals surface area (Å²) in [5, 5.41) is 13.9. The van der Waals surface area contributed by atoms with Crippen molar-refractivity contribution in [2.24, 2.45) is 0 Å². The highest BCUT2D eigenvalue weighted by Gasteiger charge is 2.38. The Hall–Kier alpha value is -2.84. The fourth-order valence-electron chi connectivity index (χ4n) is 3.33. The van der Waals surface area contributed by atoms with E-state index in [0.29, 0.717) is 5.88 Å². The van der Waals surface area contributed by atoms with Crippen LogP contribution < -0.4 is 10.1 Å². The summed E-state index contributed by atoms with van der Waals surface area (Å²) >= 11 is 0. The molecule has 2 aromatic rings. The molecule has 1 N–H and O–H groups in total. The molecule has 150 valence electrons. The molecule has 1 fully saturated rings. The van der Waals surface area contributed by atoms with E-state index in [0.717, 1.165) is 43.5 Å². The molecule has 28 heavy (non-hydrogen) atoms. The molecule has 3 rings (SSSR count). The molecule has 6 nitrogen and oxygen atoms in total. The minimum absolute atomic E-state index is 0.00921. The second-order valence-corrected chi connectivity index (χ2v) is 6.84. The van der Waals surface area contributed by atoms with E-state index in [2.05, 4.69) is 10.3 Å². The van der Waals surface area contributed by atoms with Gasteiger partial charge in [0.05, 0.1) is 4.92 Å². The Bertz CT molecular complexity index is 850. The quantitative estimate of drug-likeness (QED) is 0.562. The standard InChI is InChI=1S/C19H20F3N3O3/c1-12-3-2-4-18(23-12)28-15-8-5-13(6-9-15)24-14-7-10-17(25(26)27)16(11-14)19(20,21)22/h2-4,7,10-11,13,15,24H,5-6,8-9H2,1H3/t13-,15-. The van der Waals surface area contributed by atoms with Crippen molar-refractivity contribution in [1.29, 1.82) is 0 Å². The lowest BCUT2D eigenvalue weighted by Gasteiger charge is -2.30. The Morgan fingerprint density at radius 2 is 1.89 bits per heavy atom. The first kappa shape index (κ1) is 19.9. The van der Waals surface area contributed by atoms with Crippen LogP contribution in [0, 0.1) is 17.0 Å². The normalized spacial score (nSPS) is 19.9. The Kier molecular flexibility index (Phi) is 5.71. The second kappa shape index (κ2) is 8.04. The van der Waals surface area contributed by atoms with Crippen molar-refractivity contribution < 1.29 is 22.8 Å². The van der Waals surface area contributed by atoms with E-state index in [-0.39, 0.29) is 17.8 Å². The number of aromatic nitrogens is 1. The molecule has 1 aliphatic rings. The maximum absolute atomic E-state index is 13.1. The highest BCUT2D eigenvalue weighted by molar-refractivity contribution is 5.55. The maximum atomic E-state index is 13.1. The van der Waals surface area contributed by atoms with E-state index in [1.54, 1.807) is 6.07 Å². The summed E-state index contributed by atoms with van der Waals surface area (Å²) < 4.78 is 45.2. The van der Waals surface area contributed by atoms with Gasteiger partial charge in [0.2, 0.25) is 5.88 Å². The van der Waals surface area contributed by atoms with Crippen molar-refractivity contribution in [3.63, 3.8) is 0 Å². The molecule has 1 aromatic heterocycles. The first-order chi connectivity index (χ1) is 13.2. The van der Waals surface area contributed by atoms with Crippen molar-refractivity contribution >= 4 is 11.4 Å². The third-order valence-electron chi connectivity index (χ3n) is 4.69. The maximum Gasteiger partial charge on any atom is 0.423 e. The average molecular weight is 395 g/mol. The summed E-state index contributed by atoms with van der Waals surface area (Å²) in [6, 6.07) is 8.54. The van der Waals surface area contributed by atoms with Crippen molar-refractivity contribution in [1.82, 2.24) is 4.98 Å². The number of nitrogens with zero attached hydrogens (tertiary/aromatic N) is 2. The van der Waals surface area contributed by atoms with Crippen molar-refractivity contribution in [3.8, 4) is 5.88 Å². The predicted molar refractivity (Wildman–Crippen MR) is 97.4 cm³/mol. The van der Waals surface area contributed by atoms with Gasteiger partial charge in [-0.3, -0.25) is 10.1 Å². The number of nitro benzene ring substituents is 1. The molecule has 0 atom stereocenters. The number of pyridine rings is 1. The Balaban J connectivity index is 1.61. The van der Waals surface area contributed by atoms with Gasteiger partial charge in [0, 0.05) is 29.6 Å². The van der Waals surface area contributed by atoms with Crippen LogP contribution in [-0.2, 0) is 6.18 Å². The molecule has 0 radical (unpaired) electrons. The SMILES string of the molecule is Cc1cccc(O[C@H]2CC[C@H](Nc3ccc([N+](=O)[O-])c(C(F)(F)F)c3)CC2)n1. The van der Waals surface area contributed by atoms with Crippen molar-refractivity contribution in [2.45, 2.75) is 50.9 Å². The number of nitro groups is 1. The summed E-state index contributed by atoms with van der Waals surface area (Å²) in [5.74, 6) is 0.571. The van der Waals surface area contributed by atoms with Crippen LogP contribution in [0.25, 0.3) is 0 Å². The summed E-state index contributed by atoms with van der Waals surface area (Å²) in [4.78, 5) is 14.1. The number of hydrogen-bond donors (Lipinski definition) is 1. The largest absolute Gasteiger partial charge is 0.474 e. The minimum Gasteiger partial charge on any atom is -0.474 e. The summed E-state index contributed by atoms with van der Waals surface area (Å²) in [5.41, 5.74) is -1.10. The van der Waals surface area contributed by atoms with E-state index in [1.165, 1.54) is 6.07 Å². The first-order valence-electron chi connectivity index (χ1n) is 8.95. The summed E-state index contributed by atoms with van der Waals surface area (Å²) in [7, 11) is 0.